The number of nitrogens with one attached hydrogen (secondary N) is 3. The van der Waals surface area contributed by atoms with Gasteiger partial charge in [0.2, 0.25) is 0 Å². The third kappa shape index (κ3) is 4.55. The number of rotatable bonds is 5. The third-order valence-corrected chi connectivity index (χ3v) is 5.10. The average molecular weight is 502 g/mol. The van der Waals surface area contributed by atoms with Gasteiger partial charge in [0.05, 0.1) is 12.2 Å². The summed E-state index contributed by atoms with van der Waals surface area (Å²) in [5.41, 5.74) is 6.95. The highest BCUT2D eigenvalue weighted by atomic mass is 127. The lowest BCUT2D eigenvalue weighted by atomic mass is 10.1. The summed E-state index contributed by atoms with van der Waals surface area (Å²) >= 11 is 0. The highest BCUT2D eigenvalue weighted by molar-refractivity contribution is 14.0. The molecule has 0 fully saturated rings. The maximum absolute atomic E-state index is 4.66. The van der Waals surface area contributed by atoms with Crippen LogP contribution in [-0.4, -0.2) is 33.9 Å². The van der Waals surface area contributed by atoms with Crippen molar-refractivity contribution in [2.45, 2.75) is 26.8 Å². The van der Waals surface area contributed by atoms with Gasteiger partial charge in [0, 0.05) is 42.6 Å². The van der Waals surface area contributed by atoms with Crippen LogP contribution >= 0.6 is 24.0 Å². The van der Waals surface area contributed by atoms with Crippen molar-refractivity contribution in [2.75, 3.05) is 13.6 Å². The molecule has 1 aromatic carbocycles. The van der Waals surface area contributed by atoms with E-state index in [1.165, 1.54) is 27.7 Å². The van der Waals surface area contributed by atoms with E-state index < -0.39 is 0 Å². The Labute approximate surface area is 187 Å². The van der Waals surface area contributed by atoms with Gasteiger partial charge in [-0.15, -0.1) is 24.0 Å². The normalized spacial score (nSPS) is 11.6. The van der Waals surface area contributed by atoms with Crippen LogP contribution in [-0.2, 0) is 13.0 Å². The van der Waals surface area contributed by atoms with Crippen LogP contribution in [0.3, 0.4) is 0 Å². The molecular weight excluding hydrogens is 475 g/mol. The second-order valence-corrected chi connectivity index (χ2v) is 7.04. The van der Waals surface area contributed by atoms with Crippen molar-refractivity contribution in [1.82, 2.24) is 25.0 Å². The van der Waals surface area contributed by atoms with E-state index in [0.29, 0.717) is 6.54 Å². The lowest BCUT2D eigenvalue weighted by Crippen LogP contribution is -2.37. The smallest absolute Gasteiger partial charge is 0.191 e. The van der Waals surface area contributed by atoms with Crippen LogP contribution in [0.1, 0.15) is 22.5 Å². The number of aromatic amines is 1. The summed E-state index contributed by atoms with van der Waals surface area (Å²) in [7, 11) is 1.79. The van der Waals surface area contributed by atoms with Crippen molar-refractivity contribution in [3.05, 3.63) is 71.3 Å². The van der Waals surface area contributed by atoms with Crippen molar-refractivity contribution in [2.24, 2.45) is 4.99 Å². The summed E-state index contributed by atoms with van der Waals surface area (Å²) in [6, 6.07) is 12.5. The van der Waals surface area contributed by atoms with Crippen molar-refractivity contribution in [3.63, 3.8) is 0 Å². The lowest BCUT2D eigenvalue weighted by Gasteiger charge is -2.10. The van der Waals surface area contributed by atoms with Crippen LogP contribution in [0, 0.1) is 13.8 Å². The zero-order valence-corrected chi connectivity index (χ0v) is 19.3. The summed E-state index contributed by atoms with van der Waals surface area (Å²) < 4.78 is 2.10. The molecule has 0 unspecified atom stereocenters. The van der Waals surface area contributed by atoms with Crippen LogP contribution in [0.25, 0.3) is 16.6 Å². The van der Waals surface area contributed by atoms with Gasteiger partial charge in [-0.3, -0.25) is 4.99 Å². The molecule has 6 nitrogen and oxygen atoms in total. The van der Waals surface area contributed by atoms with Crippen LogP contribution in [0.5, 0.6) is 0 Å². The van der Waals surface area contributed by atoms with Crippen molar-refractivity contribution in [1.29, 1.82) is 0 Å². The number of aliphatic imine (C=N–C) groups is 1. The fourth-order valence-electron chi connectivity index (χ4n) is 3.57. The van der Waals surface area contributed by atoms with E-state index in [9.17, 15) is 0 Å². The Bertz CT molecular complexity index is 1140. The number of hydrogen-bond acceptors (Lipinski definition) is 2. The molecule has 0 atom stereocenters. The number of nitrogens with zero attached hydrogens (tertiary/aromatic N) is 3. The molecule has 4 rings (SSSR count). The number of benzene rings is 1. The molecule has 29 heavy (non-hydrogen) atoms. The number of aromatic nitrogens is 3. The lowest BCUT2D eigenvalue weighted by molar-refractivity contribution is 0.788. The second-order valence-electron chi connectivity index (χ2n) is 7.04. The molecule has 0 radical (unpaired) electrons. The predicted octanol–water partition coefficient (Wildman–Crippen LogP) is 3.96. The Morgan fingerprint density at radius 2 is 1.97 bits per heavy atom. The standard InChI is InChI=1S/C22H26N6.HI/c1-15-6-4-8-19-17(12-25-21(15)19)10-11-24-22(23-3)26-13-18-14-28-16(2)7-5-9-20(28)27-18;/h4-9,12,14,25H,10-11,13H2,1-3H3,(H2,23,24,26);1H. The van der Waals surface area contributed by atoms with Gasteiger partial charge in [-0.1, -0.05) is 24.3 Å². The van der Waals surface area contributed by atoms with E-state index in [1.807, 2.05) is 12.1 Å². The summed E-state index contributed by atoms with van der Waals surface area (Å²) in [5.74, 6) is 0.782. The Hall–Kier alpha value is -2.55. The Kier molecular flexibility index (Phi) is 6.79. The number of imidazole rings is 1. The Balaban J connectivity index is 0.00000240. The predicted molar refractivity (Wildman–Crippen MR) is 130 cm³/mol. The number of hydrogen-bond donors (Lipinski definition) is 3. The molecule has 3 aromatic heterocycles. The highest BCUT2D eigenvalue weighted by Gasteiger charge is 2.07. The SMILES string of the molecule is CN=C(NCCc1c[nH]c2c(C)cccc12)NCc1cn2c(C)cccc2n1.I. The highest BCUT2D eigenvalue weighted by Crippen LogP contribution is 2.21. The largest absolute Gasteiger partial charge is 0.361 e. The topological polar surface area (TPSA) is 69.5 Å². The minimum Gasteiger partial charge on any atom is -0.361 e. The van der Waals surface area contributed by atoms with E-state index in [2.05, 4.69) is 80.5 Å². The van der Waals surface area contributed by atoms with E-state index in [1.54, 1.807) is 7.05 Å². The summed E-state index contributed by atoms with van der Waals surface area (Å²) in [6.45, 7) is 5.66. The molecule has 4 aromatic rings. The first kappa shape index (κ1) is 21.2. The molecule has 3 N–H and O–H groups in total. The van der Waals surface area contributed by atoms with Crippen LogP contribution in [0.2, 0.25) is 0 Å². The zero-order chi connectivity index (χ0) is 19.5. The van der Waals surface area contributed by atoms with E-state index in [4.69, 9.17) is 0 Å². The molecule has 0 aliphatic rings. The van der Waals surface area contributed by atoms with Gasteiger partial charge in [0.25, 0.3) is 0 Å². The average Bonchev–Trinajstić information content (AvgIpc) is 3.30. The maximum atomic E-state index is 4.66. The molecule has 7 heteroatoms. The Morgan fingerprint density at radius 3 is 2.76 bits per heavy atom. The molecular formula is C22H27IN6. The number of para-hydroxylation sites is 1. The van der Waals surface area contributed by atoms with Gasteiger partial charge < -0.3 is 20.0 Å². The zero-order valence-electron chi connectivity index (χ0n) is 17.0. The van der Waals surface area contributed by atoms with Gasteiger partial charge in [-0.05, 0) is 43.5 Å². The summed E-state index contributed by atoms with van der Waals surface area (Å²) in [6.07, 6.45) is 5.10. The number of H-pyrrole nitrogens is 1. The van der Waals surface area contributed by atoms with E-state index >= 15 is 0 Å². The number of fused-ring (bicyclic) bond motifs is 2. The number of guanidine groups is 1. The molecule has 152 valence electrons. The van der Waals surface area contributed by atoms with Gasteiger partial charge in [-0.2, -0.15) is 0 Å². The Morgan fingerprint density at radius 1 is 1.14 bits per heavy atom. The van der Waals surface area contributed by atoms with Crippen molar-refractivity contribution < 1.29 is 0 Å². The fourth-order valence-corrected chi connectivity index (χ4v) is 3.57. The summed E-state index contributed by atoms with van der Waals surface area (Å²) in [4.78, 5) is 12.4. The van der Waals surface area contributed by atoms with E-state index in [0.717, 1.165) is 30.3 Å². The van der Waals surface area contributed by atoms with Crippen LogP contribution in [0.4, 0.5) is 0 Å². The quantitative estimate of drug-likeness (QED) is 0.220. The first-order chi connectivity index (χ1) is 13.7. The molecule has 0 spiro atoms. The van der Waals surface area contributed by atoms with Gasteiger partial charge >= 0.3 is 0 Å². The molecule has 0 aliphatic carbocycles. The van der Waals surface area contributed by atoms with Crippen molar-refractivity contribution >= 4 is 46.5 Å². The molecule has 0 saturated carbocycles. The van der Waals surface area contributed by atoms with Gasteiger partial charge in [0.1, 0.15) is 5.65 Å². The van der Waals surface area contributed by atoms with Crippen LogP contribution < -0.4 is 10.6 Å². The molecule has 3 heterocycles. The minimum atomic E-state index is 0. The van der Waals surface area contributed by atoms with Crippen molar-refractivity contribution in [3.8, 4) is 0 Å². The third-order valence-electron chi connectivity index (χ3n) is 5.10. The second kappa shape index (κ2) is 9.30. The maximum Gasteiger partial charge on any atom is 0.191 e. The first-order valence-corrected chi connectivity index (χ1v) is 9.59. The minimum absolute atomic E-state index is 0. The number of pyridine rings is 1. The van der Waals surface area contributed by atoms with Gasteiger partial charge in [0.15, 0.2) is 5.96 Å². The monoisotopic (exact) mass is 502 g/mol. The van der Waals surface area contributed by atoms with Gasteiger partial charge in [-0.25, -0.2) is 4.98 Å². The van der Waals surface area contributed by atoms with Crippen LogP contribution in [0.15, 0.2) is 53.8 Å². The molecule has 0 aliphatic heterocycles. The molecule has 0 amide bonds. The molecule has 0 saturated heterocycles. The summed E-state index contributed by atoms with van der Waals surface area (Å²) in [5, 5.41) is 8.04. The molecule has 0 bridgehead atoms. The number of aryl methyl sites for hydroxylation is 2. The fraction of sp³-hybridized carbons (Fsp3) is 0.273. The number of halogens is 1. The van der Waals surface area contributed by atoms with E-state index in [-0.39, 0.29) is 24.0 Å². The first-order valence-electron chi connectivity index (χ1n) is 9.59.